The Balaban J connectivity index is 1.16. The van der Waals surface area contributed by atoms with Crippen LogP contribution in [-0.2, 0) is 6.54 Å². The number of hydrogen-bond acceptors (Lipinski definition) is 4. The molecule has 2 amide bonds. The van der Waals surface area contributed by atoms with Crippen LogP contribution in [0, 0.1) is 5.92 Å². The van der Waals surface area contributed by atoms with E-state index in [-0.39, 0.29) is 6.03 Å². The Labute approximate surface area is 175 Å². The summed E-state index contributed by atoms with van der Waals surface area (Å²) in [4.78, 5) is 21.9. The molecule has 0 aromatic carbocycles. The molecule has 0 bridgehead atoms. The molecule has 1 aliphatic carbocycles. The van der Waals surface area contributed by atoms with E-state index in [2.05, 4.69) is 44.5 Å². The van der Waals surface area contributed by atoms with Crippen molar-refractivity contribution in [2.45, 2.75) is 76.9 Å². The third-order valence-corrected chi connectivity index (χ3v) is 7.08. The van der Waals surface area contributed by atoms with Gasteiger partial charge in [0, 0.05) is 51.0 Å². The van der Waals surface area contributed by atoms with Gasteiger partial charge in [-0.3, -0.25) is 0 Å². The fourth-order valence-corrected chi connectivity index (χ4v) is 5.04. The average molecular weight is 400 g/mol. The second-order valence-electron chi connectivity index (χ2n) is 9.27. The van der Waals surface area contributed by atoms with Gasteiger partial charge in [0.1, 0.15) is 5.82 Å². The van der Waals surface area contributed by atoms with Gasteiger partial charge in [0.25, 0.3) is 0 Å². The number of carbonyl (C=O) groups is 1. The Morgan fingerprint density at radius 1 is 1.03 bits per heavy atom. The van der Waals surface area contributed by atoms with Crippen LogP contribution in [0.25, 0.3) is 0 Å². The van der Waals surface area contributed by atoms with Crippen molar-refractivity contribution in [2.75, 3.05) is 31.1 Å². The fraction of sp³-hybridized carbons (Fsp3) is 0.739. The molecule has 2 saturated heterocycles. The molecule has 2 aliphatic heterocycles. The van der Waals surface area contributed by atoms with Gasteiger partial charge in [0.15, 0.2) is 0 Å². The molecule has 2 N–H and O–H groups in total. The topological polar surface area (TPSA) is 60.5 Å². The smallest absolute Gasteiger partial charge is 0.315 e. The summed E-state index contributed by atoms with van der Waals surface area (Å²) in [6, 6.07) is 5.21. The molecule has 160 valence electrons. The molecule has 0 unspecified atom stereocenters. The predicted octanol–water partition coefficient (Wildman–Crippen LogP) is 3.52. The summed E-state index contributed by atoms with van der Waals surface area (Å²) in [6.45, 7) is 7.27. The summed E-state index contributed by atoms with van der Waals surface area (Å²) in [6.07, 6.45) is 12.0. The molecule has 3 heterocycles. The van der Waals surface area contributed by atoms with Crippen molar-refractivity contribution in [2.24, 2.45) is 5.92 Å². The van der Waals surface area contributed by atoms with E-state index < -0.39 is 0 Å². The first-order valence-electron chi connectivity index (χ1n) is 11.7. The lowest BCUT2D eigenvalue weighted by Crippen LogP contribution is -2.49. The van der Waals surface area contributed by atoms with Crippen molar-refractivity contribution in [3.63, 3.8) is 0 Å². The van der Waals surface area contributed by atoms with Crippen LogP contribution < -0.4 is 15.5 Å². The third-order valence-electron chi connectivity index (χ3n) is 7.08. The van der Waals surface area contributed by atoms with Crippen molar-refractivity contribution in [3.05, 3.63) is 23.9 Å². The molecule has 4 rings (SSSR count). The van der Waals surface area contributed by atoms with E-state index in [0.29, 0.717) is 12.6 Å². The molecule has 0 spiro atoms. The van der Waals surface area contributed by atoms with Crippen molar-refractivity contribution >= 4 is 11.8 Å². The van der Waals surface area contributed by atoms with Crippen LogP contribution in [0.3, 0.4) is 0 Å². The third kappa shape index (κ3) is 5.62. The highest BCUT2D eigenvalue weighted by molar-refractivity contribution is 5.74. The lowest BCUT2D eigenvalue weighted by Gasteiger charge is -2.36. The van der Waals surface area contributed by atoms with Crippen molar-refractivity contribution in [3.8, 4) is 0 Å². The van der Waals surface area contributed by atoms with E-state index in [9.17, 15) is 4.79 Å². The van der Waals surface area contributed by atoms with E-state index in [1.165, 1.54) is 38.5 Å². The van der Waals surface area contributed by atoms with E-state index in [0.717, 1.165) is 62.4 Å². The normalized spacial score (nSPS) is 22.7. The maximum absolute atomic E-state index is 12.3. The Bertz CT molecular complexity index is 642. The molecule has 29 heavy (non-hydrogen) atoms. The van der Waals surface area contributed by atoms with Gasteiger partial charge in [-0.1, -0.05) is 25.8 Å². The molecule has 1 aromatic heterocycles. The number of rotatable bonds is 5. The maximum atomic E-state index is 12.3. The number of nitrogens with zero attached hydrogens (tertiary/aromatic N) is 3. The number of amides is 2. The molecule has 3 aliphatic rings. The number of likely N-dealkylation sites (tertiary alicyclic amines) is 1. The highest BCUT2D eigenvalue weighted by Gasteiger charge is 2.27. The number of piperidine rings is 2. The zero-order chi connectivity index (χ0) is 20.1. The lowest BCUT2D eigenvalue weighted by atomic mass is 9.99. The lowest BCUT2D eigenvalue weighted by molar-refractivity contribution is 0.145. The van der Waals surface area contributed by atoms with Crippen molar-refractivity contribution in [1.29, 1.82) is 0 Å². The second-order valence-corrected chi connectivity index (χ2v) is 9.27. The molecule has 6 nitrogen and oxygen atoms in total. The molecular formula is C23H37N5O. The van der Waals surface area contributed by atoms with Crippen LogP contribution in [0.4, 0.5) is 10.6 Å². The van der Waals surface area contributed by atoms with Crippen LogP contribution >= 0.6 is 0 Å². The summed E-state index contributed by atoms with van der Waals surface area (Å²) in [5.74, 6) is 1.88. The molecular weight excluding hydrogens is 362 g/mol. The molecule has 0 atom stereocenters. The van der Waals surface area contributed by atoms with Gasteiger partial charge in [-0.2, -0.15) is 0 Å². The van der Waals surface area contributed by atoms with Gasteiger partial charge >= 0.3 is 6.03 Å². The Morgan fingerprint density at radius 3 is 2.41 bits per heavy atom. The summed E-state index contributed by atoms with van der Waals surface area (Å²) in [7, 11) is 0. The number of anilines is 1. The Morgan fingerprint density at radius 2 is 1.76 bits per heavy atom. The van der Waals surface area contributed by atoms with E-state index >= 15 is 0 Å². The number of urea groups is 1. The van der Waals surface area contributed by atoms with Crippen LogP contribution in [0.2, 0.25) is 0 Å². The van der Waals surface area contributed by atoms with Crippen molar-refractivity contribution in [1.82, 2.24) is 20.5 Å². The Hall–Kier alpha value is -1.82. The molecule has 6 heteroatoms. The van der Waals surface area contributed by atoms with Gasteiger partial charge in [-0.15, -0.1) is 0 Å². The molecule has 0 radical (unpaired) electrons. The first-order valence-corrected chi connectivity index (χ1v) is 11.7. The summed E-state index contributed by atoms with van der Waals surface area (Å²) >= 11 is 0. The quantitative estimate of drug-likeness (QED) is 0.795. The van der Waals surface area contributed by atoms with Gasteiger partial charge in [-0.05, 0) is 56.1 Å². The summed E-state index contributed by atoms with van der Waals surface area (Å²) in [5.41, 5.74) is 1.05. The largest absolute Gasteiger partial charge is 0.357 e. The van der Waals surface area contributed by atoms with Crippen LogP contribution in [-0.4, -0.2) is 54.2 Å². The summed E-state index contributed by atoms with van der Waals surface area (Å²) in [5, 5.41) is 6.16. The minimum atomic E-state index is -0.0570. The zero-order valence-corrected chi connectivity index (χ0v) is 17.9. The van der Waals surface area contributed by atoms with E-state index in [4.69, 9.17) is 0 Å². The maximum Gasteiger partial charge on any atom is 0.315 e. The van der Waals surface area contributed by atoms with Crippen molar-refractivity contribution < 1.29 is 4.79 Å². The number of carbonyl (C=O) groups excluding carboxylic acids is 1. The fourth-order valence-electron chi connectivity index (χ4n) is 5.04. The van der Waals surface area contributed by atoms with E-state index in [1.807, 2.05) is 6.20 Å². The molecule has 3 fully saturated rings. The minimum absolute atomic E-state index is 0.0570. The monoisotopic (exact) mass is 399 g/mol. The van der Waals surface area contributed by atoms with Crippen LogP contribution in [0.1, 0.15) is 63.9 Å². The predicted molar refractivity (Wildman–Crippen MR) is 117 cm³/mol. The van der Waals surface area contributed by atoms with E-state index in [1.54, 1.807) is 0 Å². The van der Waals surface area contributed by atoms with Gasteiger partial charge < -0.3 is 20.4 Å². The highest BCUT2D eigenvalue weighted by atomic mass is 16.2. The number of hydrogen-bond donors (Lipinski definition) is 2. The van der Waals surface area contributed by atoms with Gasteiger partial charge in [0.05, 0.1) is 0 Å². The number of nitrogens with one attached hydrogen (secondary N) is 2. The van der Waals surface area contributed by atoms with Gasteiger partial charge in [0.2, 0.25) is 0 Å². The van der Waals surface area contributed by atoms with Gasteiger partial charge in [-0.25, -0.2) is 9.78 Å². The first-order chi connectivity index (χ1) is 14.2. The number of aromatic nitrogens is 1. The molecule has 1 aromatic rings. The molecule has 1 saturated carbocycles. The standard InChI is InChI=1S/C23H37N5O/c1-18-8-12-28(13-9-18)22-7-6-19(16-24-22)17-25-23(29)26-20-10-14-27(15-11-20)21-4-2-3-5-21/h6-7,16,18,20-21H,2-5,8-15,17H2,1H3,(H2,25,26,29). The number of pyridine rings is 1. The summed E-state index contributed by atoms with van der Waals surface area (Å²) < 4.78 is 0. The van der Waals surface area contributed by atoms with Crippen LogP contribution in [0.5, 0.6) is 0 Å². The first kappa shape index (κ1) is 20.5. The minimum Gasteiger partial charge on any atom is -0.357 e. The highest BCUT2D eigenvalue weighted by Crippen LogP contribution is 2.26. The Kier molecular flexibility index (Phi) is 6.90. The SMILES string of the molecule is CC1CCN(c2ccc(CNC(=O)NC3CCN(C4CCCC4)CC3)cn2)CC1. The zero-order valence-electron chi connectivity index (χ0n) is 17.9. The second kappa shape index (κ2) is 9.79. The average Bonchev–Trinajstić information content (AvgIpc) is 3.29. The van der Waals surface area contributed by atoms with Crippen LogP contribution in [0.15, 0.2) is 18.3 Å².